The molecule has 0 aliphatic carbocycles. The Kier molecular flexibility index (Phi) is 4.58. The SMILES string of the molecule is O=C(O)C1CCN(C(=O)C[C@H]2CCCCO2)CC1. The molecule has 0 saturated carbocycles. The summed E-state index contributed by atoms with van der Waals surface area (Å²) in [7, 11) is 0. The molecule has 18 heavy (non-hydrogen) atoms. The third-order valence-electron chi connectivity index (χ3n) is 3.87. The van der Waals surface area contributed by atoms with E-state index in [2.05, 4.69) is 0 Å². The van der Waals surface area contributed by atoms with Gasteiger partial charge in [-0.3, -0.25) is 9.59 Å². The number of carboxylic acids is 1. The van der Waals surface area contributed by atoms with Gasteiger partial charge in [0.05, 0.1) is 18.4 Å². The molecule has 2 heterocycles. The van der Waals surface area contributed by atoms with Gasteiger partial charge in [0.2, 0.25) is 5.91 Å². The number of piperidine rings is 1. The number of amides is 1. The number of likely N-dealkylation sites (tertiary alicyclic amines) is 1. The predicted molar refractivity (Wildman–Crippen MR) is 65.1 cm³/mol. The van der Waals surface area contributed by atoms with Crippen molar-refractivity contribution in [2.75, 3.05) is 19.7 Å². The number of hydrogen-bond acceptors (Lipinski definition) is 3. The average Bonchev–Trinajstić information content (AvgIpc) is 2.40. The first-order valence-electron chi connectivity index (χ1n) is 6.79. The van der Waals surface area contributed by atoms with Crippen LogP contribution >= 0.6 is 0 Å². The first kappa shape index (κ1) is 13.3. The van der Waals surface area contributed by atoms with Gasteiger partial charge < -0.3 is 14.7 Å². The number of carbonyl (C=O) groups is 2. The van der Waals surface area contributed by atoms with E-state index >= 15 is 0 Å². The molecule has 0 aromatic carbocycles. The quantitative estimate of drug-likeness (QED) is 0.824. The molecule has 5 nitrogen and oxygen atoms in total. The maximum absolute atomic E-state index is 12.0. The molecule has 5 heteroatoms. The summed E-state index contributed by atoms with van der Waals surface area (Å²) in [6.45, 7) is 1.91. The zero-order valence-corrected chi connectivity index (χ0v) is 10.6. The van der Waals surface area contributed by atoms with E-state index in [1.165, 1.54) is 0 Å². The minimum Gasteiger partial charge on any atom is -0.481 e. The average molecular weight is 255 g/mol. The highest BCUT2D eigenvalue weighted by atomic mass is 16.5. The smallest absolute Gasteiger partial charge is 0.306 e. The number of carbonyl (C=O) groups excluding carboxylic acids is 1. The second-order valence-electron chi connectivity index (χ2n) is 5.19. The summed E-state index contributed by atoms with van der Waals surface area (Å²) in [6.07, 6.45) is 4.88. The summed E-state index contributed by atoms with van der Waals surface area (Å²) in [5, 5.41) is 8.90. The summed E-state index contributed by atoms with van der Waals surface area (Å²) < 4.78 is 5.56. The van der Waals surface area contributed by atoms with Crippen molar-refractivity contribution < 1.29 is 19.4 Å². The van der Waals surface area contributed by atoms with Gasteiger partial charge in [-0.25, -0.2) is 0 Å². The highest BCUT2D eigenvalue weighted by molar-refractivity contribution is 5.77. The molecule has 0 aromatic heterocycles. The van der Waals surface area contributed by atoms with Crippen LogP contribution in [-0.4, -0.2) is 47.7 Å². The molecule has 1 amide bonds. The fourth-order valence-electron chi connectivity index (χ4n) is 2.67. The first-order valence-corrected chi connectivity index (χ1v) is 6.79. The highest BCUT2D eigenvalue weighted by Gasteiger charge is 2.28. The summed E-state index contributed by atoms with van der Waals surface area (Å²) in [5.41, 5.74) is 0. The van der Waals surface area contributed by atoms with E-state index < -0.39 is 5.97 Å². The van der Waals surface area contributed by atoms with Crippen molar-refractivity contribution in [3.63, 3.8) is 0 Å². The van der Waals surface area contributed by atoms with Gasteiger partial charge in [-0.1, -0.05) is 0 Å². The van der Waals surface area contributed by atoms with Crippen molar-refractivity contribution in [2.45, 2.75) is 44.6 Å². The van der Waals surface area contributed by atoms with Crippen LogP contribution < -0.4 is 0 Å². The summed E-state index contributed by atoms with van der Waals surface area (Å²) in [6, 6.07) is 0. The van der Waals surface area contributed by atoms with Crippen molar-refractivity contribution in [2.24, 2.45) is 5.92 Å². The zero-order chi connectivity index (χ0) is 13.0. The van der Waals surface area contributed by atoms with Crippen LogP contribution in [0.2, 0.25) is 0 Å². The topological polar surface area (TPSA) is 66.8 Å². The van der Waals surface area contributed by atoms with E-state index in [1.807, 2.05) is 0 Å². The lowest BCUT2D eigenvalue weighted by Gasteiger charge is -2.32. The van der Waals surface area contributed by atoms with Crippen LogP contribution in [-0.2, 0) is 14.3 Å². The fraction of sp³-hybridized carbons (Fsp3) is 0.846. The van der Waals surface area contributed by atoms with E-state index in [0.717, 1.165) is 25.9 Å². The maximum atomic E-state index is 12.0. The van der Waals surface area contributed by atoms with E-state index in [1.54, 1.807) is 4.90 Å². The Hall–Kier alpha value is -1.10. The fourth-order valence-corrected chi connectivity index (χ4v) is 2.67. The Morgan fingerprint density at radius 3 is 2.44 bits per heavy atom. The van der Waals surface area contributed by atoms with Crippen LogP contribution in [0.3, 0.4) is 0 Å². The monoisotopic (exact) mass is 255 g/mol. The number of rotatable bonds is 3. The lowest BCUT2D eigenvalue weighted by Crippen LogP contribution is -2.41. The number of carboxylic acid groups (broad SMARTS) is 1. The van der Waals surface area contributed by atoms with E-state index in [-0.39, 0.29) is 17.9 Å². The number of ether oxygens (including phenoxy) is 1. The highest BCUT2D eigenvalue weighted by Crippen LogP contribution is 2.21. The molecule has 2 fully saturated rings. The number of aliphatic carboxylic acids is 1. The summed E-state index contributed by atoms with van der Waals surface area (Å²) in [5.74, 6) is -0.900. The van der Waals surface area contributed by atoms with Crippen LogP contribution in [0.4, 0.5) is 0 Å². The first-order chi connectivity index (χ1) is 8.66. The Labute approximate surface area is 107 Å². The lowest BCUT2D eigenvalue weighted by molar-refractivity contribution is -0.146. The molecular formula is C13H21NO4. The third-order valence-corrected chi connectivity index (χ3v) is 3.87. The molecule has 2 aliphatic rings. The number of hydrogen-bond donors (Lipinski definition) is 1. The minimum atomic E-state index is -0.738. The van der Waals surface area contributed by atoms with Gasteiger partial charge >= 0.3 is 5.97 Å². The second kappa shape index (κ2) is 6.18. The van der Waals surface area contributed by atoms with Crippen molar-refractivity contribution in [3.05, 3.63) is 0 Å². The largest absolute Gasteiger partial charge is 0.481 e. The van der Waals surface area contributed by atoms with Crippen molar-refractivity contribution >= 4 is 11.9 Å². The molecule has 1 N–H and O–H groups in total. The molecule has 0 unspecified atom stereocenters. The van der Waals surface area contributed by atoms with Gasteiger partial charge in [0.25, 0.3) is 0 Å². The number of nitrogens with zero attached hydrogens (tertiary/aromatic N) is 1. The lowest BCUT2D eigenvalue weighted by atomic mass is 9.96. The zero-order valence-electron chi connectivity index (χ0n) is 10.6. The molecule has 102 valence electrons. The molecule has 0 bridgehead atoms. The van der Waals surface area contributed by atoms with Crippen LogP contribution in [0.25, 0.3) is 0 Å². The van der Waals surface area contributed by atoms with Gasteiger partial charge in [0.1, 0.15) is 0 Å². The normalized spacial score (nSPS) is 26.0. The van der Waals surface area contributed by atoms with Crippen LogP contribution in [0.1, 0.15) is 38.5 Å². The van der Waals surface area contributed by atoms with Gasteiger partial charge in [0.15, 0.2) is 0 Å². The summed E-state index contributed by atoms with van der Waals surface area (Å²) >= 11 is 0. The molecule has 1 atom stereocenters. The van der Waals surface area contributed by atoms with Crippen LogP contribution in [0, 0.1) is 5.92 Å². The molecule has 0 radical (unpaired) electrons. The molecule has 0 spiro atoms. The van der Waals surface area contributed by atoms with Gasteiger partial charge in [-0.05, 0) is 32.1 Å². The van der Waals surface area contributed by atoms with Crippen LogP contribution in [0.5, 0.6) is 0 Å². The van der Waals surface area contributed by atoms with E-state index in [4.69, 9.17) is 9.84 Å². The van der Waals surface area contributed by atoms with Crippen molar-refractivity contribution in [1.82, 2.24) is 4.90 Å². The van der Waals surface area contributed by atoms with Gasteiger partial charge in [-0.15, -0.1) is 0 Å². The third kappa shape index (κ3) is 3.45. The Balaban J connectivity index is 1.75. The second-order valence-corrected chi connectivity index (χ2v) is 5.19. The van der Waals surface area contributed by atoms with Crippen molar-refractivity contribution in [1.29, 1.82) is 0 Å². The van der Waals surface area contributed by atoms with E-state index in [0.29, 0.717) is 32.4 Å². The van der Waals surface area contributed by atoms with Gasteiger partial charge in [-0.2, -0.15) is 0 Å². The molecule has 2 saturated heterocycles. The van der Waals surface area contributed by atoms with Crippen LogP contribution in [0.15, 0.2) is 0 Å². The Morgan fingerprint density at radius 1 is 1.17 bits per heavy atom. The Morgan fingerprint density at radius 2 is 1.89 bits per heavy atom. The molecule has 2 rings (SSSR count). The molecule has 0 aromatic rings. The minimum absolute atomic E-state index is 0.0726. The maximum Gasteiger partial charge on any atom is 0.306 e. The Bertz CT molecular complexity index is 304. The van der Waals surface area contributed by atoms with E-state index in [9.17, 15) is 9.59 Å². The van der Waals surface area contributed by atoms with Gasteiger partial charge in [0, 0.05) is 19.7 Å². The molecule has 2 aliphatic heterocycles. The standard InChI is InChI=1S/C13H21NO4/c15-12(9-11-3-1-2-8-18-11)14-6-4-10(5-7-14)13(16)17/h10-11H,1-9H2,(H,16,17)/t11-/m1/s1. The molecular weight excluding hydrogens is 234 g/mol. The van der Waals surface area contributed by atoms with Crippen molar-refractivity contribution in [3.8, 4) is 0 Å². The predicted octanol–water partition coefficient (Wildman–Crippen LogP) is 1.27. The summed E-state index contributed by atoms with van der Waals surface area (Å²) in [4.78, 5) is 24.7.